The van der Waals surface area contributed by atoms with Crippen LogP contribution in [0.1, 0.15) is 112 Å². The minimum atomic E-state index is -4.73. The summed E-state index contributed by atoms with van der Waals surface area (Å²) in [5, 5.41) is 33.3. The summed E-state index contributed by atoms with van der Waals surface area (Å²) in [5.41, 5.74) is 8.27. The van der Waals surface area contributed by atoms with Crippen molar-refractivity contribution in [1.82, 2.24) is 15.1 Å². The highest BCUT2D eigenvalue weighted by Crippen LogP contribution is 2.40. The fourth-order valence-electron chi connectivity index (χ4n) is 9.43. The lowest BCUT2D eigenvalue weighted by Crippen LogP contribution is -2.53. The molecule has 11 nitrogen and oxygen atoms in total. The van der Waals surface area contributed by atoms with Crippen LogP contribution in [-0.4, -0.2) is 118 Å². The number of nitrogens with one attached hydrogen (secondary N) is 3. The second-order valence-corrected chi connectivity index (χ2v) is 17.4. The molecule has 1 saturated carbocycles. The van der Waals surface area contributed by atoms with E-state index in [-0.39, 0.29) is 35.5 Å². The van der Waals surface area contributed by atoms with Gasteiger partial charge in [0, 0.05) is 30.7 Å². The lowest BCUT2D eigenvalue weighted by Gasteiger charge is -2.46. The number of nitrogens with two attached hydrogens (primary N) is 1. The summed E-state index contributed by atoms with van der Waals surface area (Å²) in [5.74, 6) is 1.38. The molecule has 1 aromatic rings. The van der Waals surface area contributed by atoms with Crippen molar-refractivity contribution in [2.45, 2.75) is 173 Å². The quantitative estimate of drug-likeness (QED) is 0.158. The Morgan fingerprint density at radius 2 is 1.74 bits per heavy atom. The van der Waals surface area contributed by atoms with E-state index in [1.54, 1.807) is 6.07 Å². The number of aliphatic hydroxyl groups is 2. The number of fused-ring (bicyclic) bond motifs is 1. The minimum Gasteiger partial charge on any atom is -0.406 e. The second kappa shape index (κ2) is 17.4. The smallest absolute Gasteiger partial charge is 0.406 e. The number of alkyl halides is 3. The van der Waals surface area contributed by atoms with Gasteiger partial charge < -0.3 is 36.1 Å². The Labute approximate surface area is 320 Å². The molecule has 1 aliphatic carbocycles. The third-order valence-electron chi connectivity index (χ3n) is 13.1. The van der Waals surface area contributed by atoms with Gasteiger partial charge in [-0.05, 0) is 95.6 Å². The van der Waals surface area contributed by atoms with Gasteiger partial charge in [0.05, 0.1) is 30.6 Å². The van der Waals surface area contributed by atoms with E-state index in [0.29, 0.717) is 30.9 Å². The molecule has 54 heavy (non-hydrogen) atoms. The van der Waals surface area contributed by atoms with Crippen molar-refractivity contribution in [2.24, 2.45) is 17.1 Å². The van der Waals surface area contributed by atoms with Gasteiger partial charge in [0.25, 0.3) is 5.84 Å². The van der Waals surface area contributed by atoms with Crippen molar-refractivity contribution in [2.75, 3.05) is 36.9 Å². The summed E-state index contributed by atoms with van der Waals surface area (Å²) >= 11 is 0. The molecule has 0 aromatic heterocycles. The summed E-state index contributed by atoms with van der Waals surface area (Å²) in [6.45, 7) is 14.0. The Hall–Kier alpha value is -2.36. The molecule has 0 amide bonds. The number of ether oxygens (including phenoxy) is 2. The van der Waals surface area contributed by atoms with Crippen LogP contribution in [0.2, 0.25) is 0 Å². The number of nitrogens with zero attached hydrogens (tertiary/aromatic N) is 3. The largest absolute Gasteiger partial charge is 0.573 e. The molecule has 0 radical (unpaired) electrons. The molecule has 306 valence electrons. The normalized spacial score (nSPS) is 35.7. The molecule has 4 aliphatic heterocycles. The van der Waals surface area contributed by atoms with Crippen LogP contribution in [0.25, 0.3) is 0 Å². The van der Waals surface area contributed by atoms with E-state index in [2.05, 4.69) is 62.8 Å². The van der Waals surface area contributed by atoms with Crippen LogP contribution in [-0.2, 0) is 4.74 Å². The highest BCUT2D eigenvalue weighted by molar-refractivity contribution is 5.86. The first kappa shape index (κ1) is 41.3. The number of benzene rings is 1. The first-order valence-electron chi connectivity index (χ1n) is 20.7. The molecular weight excluding hydrogens is 699 g/mol. The van der Waals surface area contributed by atoms with Gasteiger partial charge in [-0.1, -0.05) is 39.5 Å². The van der Waals surface area contributed by atoms with Gasteiger partial charge in [0.1, 0.15) is 36.8 Å². The van der Waals surface area contributed by atoms with Gasteiger partial charge in [0.2, 0.25) is 6.23 Å². The standard InChI is InChI=1S/C40H67F3N7O4/c1-6-39(5)16-10-8-7-9-11-18-48(19-17-39)37-34(26(4)44)45-24-50(37)38-36(52)35(51)32(53-38)23-49(25(2)3)28-20-27(21-28)12-15-33-46-30-14-13-29(22-31(30)47-33)54-40(41,42)43/h13-14,22,25-28,32-36,38,45-47,51-52H,6-12,15-21,23-24,44H2,1-5H3/q+1. The van der Waals surface area contributed by atoms with Gasteiger partial charge in [-0.2, -0.15) is 0 Å². The average Bonchev–Trinajstić information content (AvgIpc) is 3.78. The molecule has 8 atom stereocenters. The number of hydrogen-bond acceptors (Lipinski definition) is 9. The summed E-state index contributed by atoms with van der Waals surface area (Å²) in [6.07, 6.45) is 5.42. The van der Waals surface area contributed by atoms with Crippen LogP contribution in [0.3, 0.4) is 0 Å². The maximum absolute atomic E-state index is 12.7. The number of hydrogen-bond donors (Lipinski definition) is 6. The van der Waals surface area contributed by atoms with Crippen molar-refractivity contribution in [1.29, 1.82) is 0 Å². The van der Waals surface area contributed by atoms with Crippen LogP contribution >= 0.6 is 0 Å². The Kier molecular flexibility index (Phi) is 13.3. The third-order valence-corrected chi connectivity index (χ3v) is 13.1. The Bertz CT molecular complexity index is 1430. The minimum absolute atomic E-state index is 0.0566. The van der Waals surface area contributed by atoms with E-state index in [1.165, 1.54) is 44.2 Å². The van der Waals surface area contributed by atoms with Crippen LogP contribution in [0.4, 0.5) is 24.5 Å². The highest BCUT2D eigenvalue weighted by atomic mass is 19.4. The molecule has 3 saturated heterocycles. The Morgan fingerprint density at radius 1 is 1.02 bits per heavy atom. The first-order chi connectivity index (χ1) is 25.6. The molecule has 6 rings (SSSR count). The van der Waals surface area contributed by atoms with Crippen molar-refractivity contribution in [3.8, 4) is 5.75 Å². The molecule has 1 aromatic carbocycles. The van der Waals surface area contributed by atoms with Crippen LogP contribution in [0, 0.1) is 11.3 Å². The number of rotatable bonds is 11. The van der Waals surface area contributed by atoms with Gasteiger partial charge in [-0.25, -0.2) is 4.90 Å². The molecule has 8 unspecified atom stereocenters. The maximum atomic E-state index is 12.7. The van der Waals surface area contributed by atoms with Crippen LogP contribution < -0.4 is 26.4 Å². The van der Waals surface area contributed by atoms with E-state index in [0.717, 1.165) is 69.6 Å². The number of halogens is 3. The van der Waals surface area contributed by atoms with Crippen LogP contribution in [0.5, 0.6) is 5.75 Å². The molecule has 4 heterocycles. The third kappa shape index (κ3) is 9.77. The average molecular weight is 767 g/mol. The molecule has 5 aliphatic rings. The van der Waals surface area contributed by atoms with Crippen molar-refractivity contribution in [3.05, 3.63) is 18.2 Å². The van der Waals surface area contributed by atoms with E-state index in [4.69, 9.17) is 10.5 Å². The first-order valence-corrected chi connectivity index (χ1v) is 20.7. The monoisotopic (exact) mass is 767 g/mol. The van der Waals surface area contributed by atoms with E-state index in [9.17, 15) is 23.4 Å². The summed E-state index contributed by atoms with van der Waals surface area (Å²) in [4.78, 5) is 4.57. The lowest BCUT2D eigenvalue weighted by atomic mass is 9.76. The van der Waals surface area contributed by atoms with Gasteiger partial charge in [-0.15, -0.1) is 13.2 Å². The molecular formula is C40H67F3N7O4+. The van der Waals surface area contributed by atoms with Crippen LogP contribution in [0.15, 0.2) is 18.2 Å². The van der Waals surface area contributed by atoms with E-state index >= 15 is 0 Å². The van der Waals surface area contributed by atoms with Crippen molar-refractivity contribution >= 4 is 17.2 Å². The summed E-state index contributed by atoms with van der Waals surface area (Å²) in [6, 6.07) is 4.69. The zero-order valence-electron chi connectivity index (χ0n) is 33.1. The van der Waals surface area contributed by atoms with Gasteiger partial charge in [-0.3, -0.25) is 14.8 Å². The number of aliphatic hydroxyl groups excluding tert-OH is 2. The zero-order chi connectivity index (χ0) is 38.8. The summed E-state index contributed by atoms with van der Waals surface area (Å²) < 4.78 is 51.3. The molecule has 0 spiro atoms. The Balaban J connectivity index is 1.06. The summed E-state index contributed by atoms with van der Waals surface area (Å²) in [7, 11) is 0. The van der Waals surface area contributed by atoms with Gasteiger partial charge >= 0.3 is 6.36 Å². The fraction of sp³-hybridized carbons (Fsp3) is 0.825. The van der Waals surface area contributed by atoms with E-state index < -0.39 is 30.9 Å². The molecule has 4 fully saturated rings. The fourth-order valence-corrected chi connectivity index (χ4v) is 9.43. The van der Waals surface area contributed by atoms with Crippen molar-refractivity contribution < 1.29 is 37.4 Å². The number of anilines is 2. The van der Waals surface area contributed by atoms with Crippen molar-refractivity contribution in [3.63, 3.8) is 0 Å². The zero-order valence-corrected chi connectivity index (χ0v) is 33.1. The highest BCUT2D eigenvalue weighted by Gasteiger charge is 2.55. The topological polar surface area (TPSA) is 131 Å². The van der Waals surface area contributed by atoms with Gasteiger partial charge in [0.15, 0.2) is 0 Å². The van der Waals surface area contributed by atoms with E-state index in [1.807, 2.05) is 6.92 Å². The SMILES string of the molecule is CCC1(C)CCCCCCC[N+](=C2C(C(C)N)NCN2C2OC(CN(C(C)C)C3CC(CCC4Nc5ccc(OC(F)(F)F)cc5N4)C3)C(O)C2O)CC1. The Morgan fingerprint density at radius 3 is 2.44 bits per heavy atom. The maximum Gasteiger partial charge on any atom is 0.573 e. The predicted molar refractivity (Wildman–Crippen MR) is 205 cm³/mol. The predicted octanol–water partition coefficient (Wildman–Crippen LogP) is 5.61. The molecule has 14 heteroatoms. The second-order valence-electron chi connectivity index (χ2n) is 17.4. The number of amidine groups is 1. The molecule has 0 bridgehead atoms. The molecule has 7 N–H and O–H groups in total. The lowest BCUT2D eigenvalue weighted by molar-refractivity contribution is -0.537.